The highest BCUT2D eigenvalue weighted by atomic mass is 16.2. The van der Waals surface area contributed by atoms with Crippen molar-refractivity contribution in [2.75, 3.05) is 4.90 Å². The largest absolute Gasteiger partial charge is 0.335 e. The molecule has 0 aromatic carbocycles. The number of hydrogen-bond acceptors (Lipinski definition) is 4. The van der Waals surface area contributed by atoms with Gasteiger partial charge in [-0.15, -0.1) is 0 Å². The Hall–Kier alpha value is -2.18. The van der Waals surface area contributed by atoms with E-state index >= 15 is 0 Å². The van der Waals surface area contributed by atoms with E-state index in [-0.39, 0.29) is 5.92 Å². The maximum absolute atomic E-state index is 12.5. The molecular weight excluding hydrogens is 260 g/mol. The minimum Gasteiger partial charge on any atom is -0.277 e. The van der Waals surface area contributed by atoms with E-state index < -0.39 is 23.8 Å². The molecule has 2 heterocycles. The van der Waals surface area contributed by atoms with Crippen molar-refractivity contribution in [3.63, 3.8) is 0 Å². The molecule has 0 bridgehead atoms. The smallest absolute Gasteiger partial charge is 0.277 e. The molecule has 7 nitrogen and oxygen atoms in total. The molecule has 0 saturated carbocycles. The van der Waals surface area contributed by atoms with Crippen LogP contribution in [0.25, 0.3) is 0 Å². The summed E-state index contributed by atoms with van der Waals surface area (Å²) in [4.78, 5) is 37.3. The average Bonchev–Trinajstić information content (AvgIpc) is 2.69. The standard InChI is InChI=1S/C13H18N4O3/c1-5-8-9(6-16(4)15-8)17-12(19)10(7(2)3)11(18)14-13(17)20/h6-7,10H,5H2,1-4H3,(H,14,18,20). The number of rotatable bonds is 3. The zero-order chi connectivity index (χ0) is 15.0. The molecule has 0 radical (unpaired) electrons. The Morgan fingerprint density at radius 3 is 2.55 bits per heavy atom. The van der Waals surface area contributed by atoms with Gasteiger partial charge in [-0.05, 0) is 12.3 Å². The summed E-state index contributed by atoms with van der Waals surface area (Å²) in [5, 5.41) is 6.46. The molecular formula is C13H18N4O3. The molecule has 1 unspecified atom stereocenters. The van der Waals surface area contributed by atoms with Gasteiger partial charge in [-0.3, -0.25) is 19.6 Å². The highest BCUT2D eigenvalue weighted by Crippen LogP contribution is 2.27. The second-order valence-electron chi connectivity index (χ2n) is 5.18. The number of nitrogens with one attached hydrogen (secondary N) is 1. The number of nitrogens with zero attached hydrogens (tertiary/aromatic N) is 3. The topological polar surface area (TPSA) is 84.3 Å². The molecule has 1 N–H and O–H groups in total. The fraction of sp³-hybridized carbons (Fsp3) is 0.538. The van der Waals surface area contributed by atoms with Crippen LogP contribution in [0.4, 0.5) is 10.5 Å². The van der Waals surface area contributed by atoms with Crippen molar-refractivity contribution >= 4 is 23.5 Å². The number of aromatic nitrogens is 2. The summed E-state index contributed by atoms with van der Waals surface area (Å²) < 4.78 is 1.55. The molecule has 1 aliphatic heterocycles. The second-order valence-corrected chi connectivity index (χ2v) is 5.18. The third-order valence-corrected chi connectivity index (χ3v) is 3.33. The molecule has 7 heteroatoms. The van der Waals surface area contributed by atoms with E-state index in [2.05, 4.69) is 10.4 Å². The van der Waals surface area contributed by atoms with E-state index in [1.54, 1.807) is 31.8 Å². The van der Waals surface area contributed by atoms with Crippen LogP contribution in [0.1, 0.15) is 26.5 Å². The molecule has 1 saturated heterocycles. The second kappa shape index (κ2) is 5.07. The molecule has 1 aromatic heterocycles. The SMILES string of the molecule is CCc1nn(C)cc1N1C(=O)NC(=O)C(C(C)C)C1=O. The van der Waals surface area contributed by atoms with Crippen LogP contribution in [-0.4, -0.2) is 27.6 Å². The van der Waals surface area contributed by atoms with Crippen molar-refractivity contribution < 1.29 is 14.4 Å². The summed E-state index contributed by atoms with van der Waals surface area (Å²) in [5.41, 5.74) is 1.09. The summed E-state index contributed by atoms with van der Waals surface area (Å²) in [7, 11) is 1.72. The predicted octanol–water partition coefficient (Wildman–Crippen LogP) is 0.837. The highest BCUT2D eigenvalue weighted by Gasteiger charge is 2.43. The fourth-order valence-electron chi connectivity index (χ4n) is 2.37. The maximum atomic E-state index is 12.5. The number of carbonyl (C=O) groups is 3. The molecule has 20 heavy (non-hydrogen) atoms. The number of anilines is 1. The summed E-state index contributed by atoms with van der Waals surface area (Å²) >= 11 is 0. The molecule has 1 atom stereocenters. The first-order valence-electron chi connectivity index (χ1n) is 6.58. The summed E-state index contributed by atoms with van der Waals surface area (Å²) in [6.07, 6.45) is 2.21. The number of amides is 4. The molecule has 2 rings (SSSR count). The van der Waals surface area contributed by atoms with Gasteiger partial charge < -0.3 is 0 Å². The number of imide groups is 2. The Kier molecular flexibility index (Phi) is 3.61. The normalized spacial score (nSPS) is 19.8. The van der Waals surface area contributed by atoms with Crippen LogP contribution in [-0.2, 0) is 23.1 Å². The predicted molar refractivity (Wildman–Crippen MR) is 71.9 cm³/mol. The summed E-state index contributed by atoms with van der Waals surface area (Å²) in [5.74, 6) is -2.05. The van der Waals surface area contributed by atoms with E-state index in [0.29, 0.717) is 17.8 Å². The van der Waals surface area contributed by atoms with Crippen molar-refractivity contribution in [3.05, 3.63) is 11.9 Å². The summed E-state index contributed by atoms with van der Waals surface area (Å²) in [6.45, 7) is 5.45. The van der Waals surface area contributed by atoms with Gasteiger partial charge in [0.05, 0.1) is 11.4 Å². The van der Waals surface area contributed by atoms with Crippen LogP contribution in [0.15, 0.2) is 6.20 Å². The number of urea groups is 1. The number of carbonyl (C=O) groups excluding carboxylic acids is 3. The monoisotopic (exact) mass is 278 g/mol. The zero-order valence-corrected chi connectivity index (χ0v) is 12.0. The molecule has 1 aromatic rings. The van der Waals surface area contributed by atoms with Crippen LogP contribution in [0.2, 0.25) is 0 Å². The minimum absolute atomic E-state index is 0.181. The van der Waals surface area contributed by atoms with Gasteiger partial charge in [-0.2, -0.15) is 5.10 Å². The zero-order valence-electron chi connectivity index (χ0n) is 12.0. The fourth-order valence-corrected chi connectivity index (χ4v) is 2.37. The molecule has 1 fully saturated rings. The lowest BCUT2D eigenvalue weighted by Crippen LogP contribution is -2.59. The van der Waals surface area contributed by atoms with Gasteiger partial charge in [0.15, 0.2) is 0 Å². The van der Waals surface area contributed by atoms with Crippen LogP contribution < -0.4 is 10.2 Å². The Labute approximate surface area is 116 Å². The molecule has 4 amide bonds. The average molecular weight is 278 g/mol. The molecule has 0 aliphatic carbocycles. The van der Waals surface area contributed by atoms with E-state index in [1.165, 1.54) is 0 Å². The number of barbiturate groups is 1. The van der Waals surface area contributed by atoms with Gasteiger partial charge in [0, 0.05) is 13.2 Å². The maximum Gasteiger partial charge on any atom is 0.335 e. The Bertz CT molecular complexity index is 576. The van der Waals surface area contributed by atoms with Gasteiger partial charge in [0.25, 0.3) is 0 Å². The molecule has 108 valence electrons. The van der Waals surface area contributed by atoms with Gasteiger partial charge in [-0.25, -0.2) is 9.69 Å². The van der Waals surface area contributed by atoms with Gasteiger partial charge in [0.2, 0.25) is 11.8 Å². The van der Waals surface area contributed by atoms with Crippen molar-refractivity contribution in [3.8, 4) is 0 Å². The first-order valence-corrected chi connectivity index (χ1v) is 6.58. The Morgan fingerprint density at radius 1 is 1.35 bits per heavy atom. The lowest BCUT2D eigenvalue weighted by molar-refractivity contribution is -0.136. The Morgan fingerprint density at radius 2 is 2.00 bits per heavy atom. The van der Waals surface area contributed by atoms with Gasteiger partial charge >= 0.3 is 6.03 Å². The quantitative estimate of drug-likeness (QED) is 0.830. The van der Waals surface area contributed by atoms with Crippen LogP contribution in [0, 0.1) is 11.8 Å². The lowest BCUT2D eigenvalue weighted by atomic mass is 9.92. The minimum atomic E-state index is -0.849. The van der Waals surface area contributed by atoms with E-state index in [1.807, 2.05) is 6.92 Å². The van der Waals surface area contributed by atoms with Crippen LogP contribution in [0.5, 0.6) is 0 Å². The molecule has 1 aliphatic rings. The first kappa shape index (κ1) is 14.2. The van der Waals surface area contributed by atoms with E-state index in [4.69, 9.17) is 0 Å². The van der Waals surface area contributed by atoms with Crippen molar-refractivity contribution in [2.24, 2.45) is 18.9 Å². The highest BCUT2D eigenvalue weighted by molar-refractivity contribution is 6.27. The van der Waals surface area contributed by atoms with Crippen molar-refractivity contribution in [1.29, 1.82) is 0 Å². The third kappa shape index (κ3) is 2.19. The van der Waals surface area contributed by atoms with Crippen LogP contribution in [0.3, 0.4) is 0 Å². The van der Waals surface area contributed by atoms with Gasteiger partial charge in [-0.1, -0.05) is 20.8 Å². The third-order valence-electron chi connectivity index (χ3n) is 3.33. The summed E-state index contributed by atoms with van der Waals surface area (Å²) in [6, 6.07) is -0.709. The van der Waals surface area contributed by atoms with Gasteiger partial charge in [0.1, 0.15) is 5.92 Å². The Balaban J connectivity index is 2.46. The van der Waals surface area contributed by atoms with Crippen molar-refractivity contribution in [2.45, 2.75) is 27.2 Å². The van der Waals surface area contributed by atoms with E-state index in [0.717, 1.165) is 4.90 Å². The van der Waals surface area contributed by atoms with Crippen LogP contribution >= 0.6 is 0 Å². The van der Waals surface area contributed by atoms with Crippen molar-refractivity contribution in [1.82, 2.24) is 15.1 Å². The lowest BCUT2D eigenvalue weighted by Gasteiger charge is -2.31. The molecule has 0 spiro atoms. The van der Waals surface area contributed by atoms with E-state index in [9.17, 15) is 14.4 Å². The first-order chi connectivity index (χ1) is 9.36. The number of hydrogen-bond donors (Lipinski definition) is 1. The number of aryl methyl sites for hydroxylation is 2.